The predicted molar refractivity (Wildman–Crippen MR) is 117 cm³/mol. The average molecular weight is 485 g/mol. The highest BCUT2D eigenvalue weighted by atomic mass is 32.1. The Hall–Kier alpha value is -3.13. The van der Waals surface area contributed by atoms with Crippen molar-refractivity contribution >= 4 is 42.3 Å². The maximum atomic E-state index is 13.3. The molecule has 0 aliphatic carbocycles. The van der Waals surface area contributed by atoms with Gasteiger partial charge in [-0.1, -0.05) is 0 Å². The number of H-pyrrole nitrogens is 1. The lowest BCUT2D eigenvalue weighted by Crippen LogP contribution is -2.57. The molecule has 14 heteroatoms. The second-order valence-electron chi connectivity index (χ2n) is 7.65. The summed E-state index contributed by atoms with van der Waals surface area (Å²) in [6.07, 6.45) is 3.36. The number of likely N-dealkylation sites (tertiary alicyclic amines) is 1. The molecule has 182 valence electrons. The lowest BCUT2D eigenvalue weighted by molar-refractivity contribution is -0.144. The van der Waals surface area contributed by atoms with Crippen LogP contribution >= 0.6 is 12.6 Å². The zero-order valence-electron chi connectivity index (χ0n) is 17.8. The first kappa shape index (κ1) is 26.1. The minimum atomic E-state index is -1.24. The van der Waals surface area contributed by atoms with Crippen LogP contribution in [0.4, 0.5) is 0 Å². The van der Waals surface area contributed by atoms with Crippen LogP contribution in [0.5, 0.6) is 0 Å². The number of nitrogens with zero attached hydrogens (tertiary/aromatic N) is 2. The zero-order valence-corrected chi connectivity index (χ0v) is 18.7. The smallest absolute Gasteiger partial charge is 0.327 e. The largest absolute Gasteiger partial charge is 0.481 e. The summed E-state index contributed by atoms with van der Waals surface area (Å²) in [5, 5.41) is 22.9. The summed E-state index contributed by atoms with van der Waals surface area (Å²) in [6.45, 7) is 0.246. The fourth-order valence-electron chi connectivity index (χ4n) is 3.46. The molecule has 1 saturated heterocycles. The molecule has 1 fully saturated rings. The molecular weight excluding hydrogens is 456 g/mol. The van der Waals surface area contributed by atoms with Gasteiger partial charge in [-0.05, 0) is 19.3 Å². The maximum Gasteiger partial charge on any atom is 0.327 e. The lowest BCUT2D eigenvalue weighted by Gasteiger charge is -2.29. The van der Waals surface area contributed by atoms with E-state index in [1.54, 1.807) is 0 Å². The molecule has 3 amide bonds. The number of nitrogens with one attached hydrogen (secondary N) is 3. The van der Waals surface area contributed by atoms with E-state index in [0.717, 1.165) is 0 Å². The Labute approximate surface area is 194 Å². The van der Waals surface area contributed by atoms with Crippen LogP contribution in [0, 0.1) is 0 Å². The van der Waals surface area contributed by atoms with Gasteiger partial charge in [0.25, 0.3) is 0 Å². The molecule has 1 aromatic heterocycles. The SMILES string of the molecule is NC(CCC(=O)O)C(=O)NC(Cc1cnc[nH]1)C(=O)N1CCCC1C(=O)NC(CS)C(=O)O. The molecule has 7 N–H and O–H groups in total. The van der Waals surface area contributed by atoms with Gasteiger partial charge in [0.2, 0.25) is 17.7 Å². The Bertz CT molecular complexity index is 865. The molecule has 0 radical (unpaired) electrons. The lowest BCUT2D eigenvalue weighted by atomic mass is 10.1. The highest BCUT2D eigenvalue weighted by Gasteiger charge is 2.39. The molecule has 0 saturated carbocycles. The summed E-state index contributed by atoms with van der Waals surface area (Å²) < 4.78 is 0. The predicted octanol–water partition coefficient (Wildman–Crippen LogP) is -1.88. The molecule has 0 aromatic carbocycles. The Balaban J connectivity index is 2.15. The summed E-state index contributed by atoms with van der Waals surface area (Å²) in [7, 11) is 0. The van der Waals surface area contributed by atoms with Crippen LogP contribution < -0.4 is 16.4 Å². The van der Waals surface area contributed by atoms with Crippen molar-refractivity contribution in [1.82, 2.24) is 25.5 Å². The standard InChI is InChI=1S/C19H28N6O7S/c20-11(3-4-15(26)27)16(28)23-12(6-10-7-21-9-22-10)18(30)25-5-1-2-14(25)17(29)24-13(8-33)19(31)32/h7,9,11-14,33H,1-6,8,20H2,(H,21,22)(H,23,28)(H,24,29)(H,26,27)(H,31,32). The van der Waals surface area contributed by atoms with Gasteiger partial charge in [0, 0.05) is 37.0 Å². The van der Waals surface area contributed by atoms with Crippen molar-refractivity contribution in [3.05, 3.63) is 18.2 Å². The third-order valence-electron chi connectivity index (χ3n) is 5.24. The quantitative estimate of drug-likeness (QED) is 0.165. The van der Waals surface area contributed by atoms with Crippen molar-refractivity contribution in [2.45, 2.75) is 56.3 Å². The van der Waals surface area contributed by atoms with Gasteiger partial charge in [-0.2, -0.15) is 12.6 Å². The van der Waals surface area contributed by atoms with Crippen LogP contribution in [0.3, 0.4) is 0 Å². The van der Waals surface area contributed by atoms with Crippen molar-refractivity contribution in [1.29, 1.82) is 0 Å². The molecule has 13 nitrogen and oxygen atoms in total. The first-order chi connectivity index (χ1) is 15.6. The number of aliphatic carboxylic acids is 2. The van der Waals surface area contributed by atoms with Gasteiger partial charge < -0.3 is 36.5 Å². The third-order valence-corrected chi connectivity index (χ3v) is 5.60. The highest BCUT2D eigenvalue weighted by molar-refractivity contribution is 7.80. The van der Waals surface area contributed by atoms with E-state index in [1.807, 2.05) is 0 Å². The van der Waals surface area contributed by atoms with E-state index in [0.29, 0.717) is 18.5 Å². The molecule has 1 aliphatic rings. The molecule has 4 atom stereocenters. The Kier molecular flexibility index (Phi) is 9.66. The number of nitrogens with two attached hydrogens (primary N) is 1. The topological polar surface area (TPSA) is 208 Å². The molecular formula is C19H28N6O7S. The van der Waals surface area contributed by atoms with Crippen molar-refractivity contribution in [3.63, 3.8) is 0 Å². The second-order valence-corrected chi connectivity index (χ2v) is 8.02. The molecule has 2 heterocycles. The molecule has 2 rings (SSSR count). The van der Waals surface area contributed by atoms with Gasteiger partial charge >= 0.3 is 11.9 Å². The van der Waals surface area contributed by atoms with Gasteiger partial charge in [0.15, 0.2) is 0 Å². The van der Waals surface area contributed by atoms with Crippen LogP contribution in [0.15, 0.2) is 12.5 Å². The number of amides is 3. The van der Waals surface area contributed by atoms with Crippen LogP contribution in [0.25, 0.3) is 0 Å². The summed E-state index contributed by atoms with van der Waals surface area (Å²) in [5.41, 5.74) is 6.32. The van der Waals surface area contributed by atoms with Crippen LogP contribution in [0.2, 0.25) is 0 Å². The van der Waals surface area contributed by atoms with Gasteiger partial charge in [-0.15, -0.1) is 0 Å². The Morgan fingerprint density at radius 3 is 2.55 bits per heavy atom. The Morgan fingerprint density at radius 2 is 1.97 bits per heavy atom. The van der Waals surface area contributed by atoms with Gasteiger partial charge in [0.05, 0.1) is 12.4 Å². The first-order valence-electron chi connectivity index (χ1n) is 10.3. The molecule has 1 aliphatic heterocycles. The monoisotopic (exact) mass is 484 g/mol. The highest BCUT2D eigenvalue weighted by Crippen LogP contribution is 2.20. The van der Waals surface area contributed by atoms with E-state index in [2.05, 4.69) is 33.2 Å². The van der Waals surface area contributed by atoms with E-state index in [1.165, 1.54) is 17.4 Å². The van der Waals surface area contributed by atoms with Crippen LogP contribution in [0.1, 0.15) is 31.4 Å². The number of imidazole rings is 1. The fourth-order valence-corrected chi connectivity index (χ4v) is 3.71. The van der Waals surface area contributed by atoms with Crippen molar-refractivity contribution < 1.29 is 34.2 Å². The van der Waals surface area contributed by atoms with E-state index in [-0.39, 0.29) is 31.6 Å². The molecule has 1 aromatic rings. The third kappa shape index (κ3) is 7.46. The van der Waals surface area contributed by atoms with Gasteiger partial charge in [-0.25, -0.2) is 9.78 Å². The number of hydrogen-bond acceptors (Lipinski definition) is 8. The van der Waals surface area contributed by atoms with Gasteiger partial charge in [-0.3, -0.25) is 19.2 Å². The first-order valence-corrected chi connectivity index (χ1v) is 11.0. The number of aromatic nitrogens is 2. The molecule has 33 heavy (non-hydrogen) atoms. The number of rotatable bonds is 12. The van der Waals surface area contributed by atoms with E-state index >= 15 is 0 Å². The zero-order chi connectivity index (χ0) is 24.5. The van der Waals surface area contributed by atoms with Crippen LogP contribution in [-0.4, -0.2) is 91.2 Å². The number of aromatic amines is 1. The minimum Gasteiger partial charge on any atom is -0.481 e. The van der Waals surface area contributed by atoms with Crippen molar-refractivity contribution in [2.75, 3.05) is 12.3 Å². The number of carbonyl (C=O) groups is 5. The number of hydrogen-bond donors (Lipinski definition) is 7. The summed E-state index contributed by atoms with van der Waals surface area (Å²) in [5.74, 6) is -4.32. The van der Waals surface area contributed by atoms with E-state index < -0.39 is 53.8 Å². The molecule has 0 bridgehead atoms. The average Bonchev–Trinajstić information content (AvgIpc) is 3.46. The minimum absolute atomic E-state index is 0.0372. The molecule has 0 spiro atoms. The Morgan fingerprint density at radius 1 is 1.24 bits per heavy atom. The second kappa shape index (κ2) is 12.2. The molecule has 4 unspecified atom stereocenters. The summed E-state index contributed by atoms with van der Waals surface area (Å²) in [6, 6.07) is -4.34. The number of carbonyl (C=O) groups excluding carboxylic acids is 3. The van der Waals surface area contributed by atoms with Crippen molar-refractivity contribution in [3.8, 4) is 0 Å². The fraction of sp³-hybridized carbons (Fsp3) is 0.579. The number of carboxylic acids is 2. The number of thiol groups is 1. The van der Waals surface area contributed by atoms with Gasteiger partial charge in [0.1, 0.15) is 18.1 Å². The van der Waals surface area contributed by atoms with E-state index in [9.17, 15) is 24.0 Å². The number of carboxylic acid groups (broad SMARTS) is 2. The summed E-state index contributed by atoms with van der Waals surface area (Å²) in [4.78, 5) is 68.5. The summed E-state index contributed by atoms with van der Waals surface area (Å²) >= 11 is 3.92. The van der Waals surface area contributed by atoms with E-state index in [4.69, 9.17) is 15.9 Å². The normalized spacial score (nSPS) is 18.2. The van der Waals surface area contributed by atoms with Crippen LogP contribution in [-0.2, 0) is 30.4 Å². The maximum absolute atomic E-state index is 13.3. The van der Waals surface area contributed by atoms with Crippen molar-refractivity contribution in [2.24, 2.45) is 5.73 Å².